The summed E-state index contributed by atoms with van der Waals surface area (Å²) in [5.74, 6) is -0.893. The van der Waals surface area contributed by atoms with Crippen LogP contribution in [0.4, 0.5) is 11.4 Å². The summed E-state index contributed by atoms with van der Waals surface area (Å²) in [5, 5.41) is 11.5. The van der Waals surface area contributed by atoms with Gasteiger partial charge in [-0.1, -0.05) is 11.6 Å². The minimum absolute atomic E-state index is 0.0675. The molecule has 1 aromatic carbocycles. The first-order chi connectivity index (χ1) is 12.4. The number of piperazine rings is 1. The minimum Gasteiger partial charge on any atom is -0.454 e. The molecule has 2 rings (SSSR count). The number of hydrogen-bond acceptors (Lipinski definition) is 7. The molecule has 0 unspecified atom stereocenters. The number of benzene rings is 1. The molecule has 0 aromatic heterocycles. The summed E-state index contributed by atoms with van der Waals surface area (Å²) in [4.78, 5) is 37.6. The fourth-order valence-electron chi connectivity index (χ4n) is 2.57. The van der Waals surface area contributed by atoms with Gasteiger partial charge >= 0.3 is 5.97 Å². The van der Waals surface area contributed by atoms with Crippen molar-refractivity contribution in [1.82, 2.24) is 4.90 Å². The molecule has 0 aliphatic carbocycles. The first kappa shape index (κ1) is 19.9. The lowest BCUT2D eigenvalue weighted by atomic mass is 10.2. The van der Waals surface area contributed by atoms with Crippen LogP contribution < -0.4 is 4.90 Å². The summed E-state index contributed by atoms with van der Waals surface area (Å²) >= 11 is 5.83. The second-order valence-electron chi connectivity index (χ2n) is 5.56. The quantitative estimate of drug-likeness (QED) is 0.398. The van der Waals surface area contributed by atoms with Gasteiger partial charge in [0.25, 0.3) is 11.6 Å². The number of esters is 1. The van der Waals surface area contributed by atoms with E-state index < -0.39 is 10.9 Å². The first-order valence-electron chi connectivity index (χ1n) is 8.12. The van der Waals surface area contributed by atoms with Crippen molar-refractivity contribution in [3.63, 3.8) is 0 Å². The van der Waals surface area contributed by atoms with E-state index in [9.17, 15) is 19.7 Å². The highest BCUT2D eigenvalue weighted by Crippen LogP contribution is 2.31. The molecule has 142 valence electrons. The number of nitrogens with zero attached hydrogens (tertiary/aromatic N) is 3. The van der Waals surface area contributed by atoms with Gasteiger partial charge in [-0.15, -0.1) is 0 Å². The molecule has 26 heavy (non-hydrogen) atoms. The Balaban J connectivity index is 1.88. The van der Waals surface area contributed by atoms with E-state index in [1.165, 1.54) is 6.07 Å². The van der Waals surface area contributed by atoms with Gasteiger partial charge < -0.3 is 19.3 Å². The molecule has 1 saturated heterocycles. The van der Waals surface area contributed by atoms with Crippen molar-refractivity contribution >= 4 is 34.9 Å². The second-order valence-corrected chi connectivity index (χ2v) is 5.99. The van der Waals surface area contributed by atoms with Gasteiger partial charge in [-0.3, -0.25) is 14.9 Å². The lowest BCUT2D eigenvalue weighted by Crippen LogP contribution is -2.50. The number of nitro groups is 1. The lowest BCUT2D eigenvalue weighted by Gasteiger charge is -2.35. The van der Waals surface area contributed by atoms with Gasteiger partial charge in [0.1, 0.15) is 12.3 Å². The summed E-state index contributed by atoms with van der Waals surface area (Å²) < 4.78 is 9.77. The molecule has 1 aliphatic rings. The normalized spacial score (nSPS) is 14.2. The SMILES string of the molecule is CCOCC(=O)OCC(=O)N1CCN(c2ccc(Cl)cc2[N+](=O)[O-])CC1. The zero-order valence-electron chi connectivity index (χ0n) is 14.4. The number of amides is 1. The molecule has 0 spiro atoms. The molecule has 1 aromatic rings. The number of carbonyl (C=O) groups is 2. The topological polar surface area (TPSA) is 102 Å². The van der Waals surface area contributed by atoms with Crippen molar-refractivity contribution in [3.05, 3.63) is 33.3 Å². The molecular weight excluding hydrogens is 366 g/mol. The highest BCUT2D eigenvalue weighted by Gasteiger charge is 2.26. The number of halogens is 1. The maximum Gasteiger partial charge on any atom is 0.332 e. The molecule has 0 saturated carbocycles. The van der Waals surface area contributed by atoms with Crippen LogP contribution in [0.3, 0.4) is 0 Å². The van der Waals surface area contributed by atoms with Crippen LogP contribution in [0.2, 0.25) is 5.02 Å². The van der Waals surface area contributed by atoms with E-state index >= 15 is 0 Å². The Labute approximate surface area is 155 Å². The summed E-state index contributed by atoms with van der Waals surface area (Å²) in [5.41, 5.74) is 0.400. The van der Waals surface area contributed by atoms with E-state index in [2.05, 4.69) is 0 Å². The van der Waals surface area contributed by atoms with Crippen LogP contribution >= 0.6 is 11.6 Å². The first-order valence-corrected chi connectivity index (χ1v) is 8.50. The third kappa shape index (κ3) is 5.30. The molecular formula is C16H20ClN3O6. The molecule has 1 aliphatic heterocycles. The van der Waals surface area contributed by atoms with E-state index in [1.807, 2.05) is 4.90 Å². The summed E-state index contributed by atoms with van der Waals surface area (Å²) in [6.07, 6.45) is 0. The van der Waals surface area contributed by atoms with E-state index in [1.54, 1.807) is 24.0 Å². The largest absolute Gasteiger partial charge is 0.454 e. The molecule has 1 fully saturated rings. The van der Waals surface area contributed by atoms with Gasteiger partial charge in [0.2, 0.25) is 0 Å². The molecule has 10 heteroatoms. The lowest BCUT2D eigenvalue weighted by molar-refractivity contribution is -0.384. The number of carbonyl (C=O) groups excluding carboxylic acids is 2. The molecule has 0 bridgehead atoms. The van der Waals surface area contributed by atoms with Crippen LogP contribution in [0.15, 0.2) is 18.2 Å². The maximum atomic E-state index is 12.1. The van der Waals surface area contributed by atoms with Crippen molar-refractivity contribution in [3.8, 4) is 0 Å². The Bertz CT molecular complexity index is 676. The van der Waals surface area contributed by atoms with Crippen LogP contribution in [0, 0.1) is 10.1 Å². The average Bonchev–Trinajstić information content (AvgIpc) is 2.64. The van der Waals surface area contributed by atoms with Crippen molar-refractivity contribution in [2.24, 2.45) is 0 Å². The van der Waals surface area contributed by atoms with Gasteiger partial charge in [-0.2, -0.15) is 0 Å². The maximum absolute atomic E-state index is 12.1. The van der Waals surface area contributed by atoms with Crippen LogP contribution in [-0.4, -0.2) is 67.7 Å². The molecule has 9 nitrogen and oxygen atoms in total. The Morgan fingerprint density at radius 2 is 1.92 bits per heavy atom. The number of nitro benzene ring substituents is 1. The van der Waals surface area contributed by atoms with E-state index in [4.69, 9.17) is 21.1 Å². The predicted molar refractivity (Wildman–Crippen MR) is 94.4 cm³/mol. The van der Waals surface area contributed by atoms with E-state index in [0.717, 1.165) is 0 Å². The van der Waals surface area contributed by atoms with E-state index in [0.29, 0.717) is 43.5 Å². The molecule has 0 radical (unpaired) electrons. The van der Waals surface area contributed by atoms with E-state index in [-0.39, 0.29) is 24.8 Å². The van der Waals surface area contributed by atoms with Gasteiger partial charge in [-0.05, 0) is 19.1 Å². The smallest absolute Gasteiger partial charge is 0.332 e. The summed E-state index contributed by atoms with van der Waals surface area (Å²) in [6.45, 7) is 3.24. The molecule has 0 N–H and O–H groups in total. The monoisotopic (exact) mass is 385 g/mol. The zero-order chi connectivity index (χ0) is 19.1. The standard InChI is InChI=1S/C16H20ClN3O6/c1-2-25-11-16(22)26-10-15(21)19-7-5-18(6-8-19)13-4-3-12(17)9-14(13)20(23)24/h3-4,9H,2,5-8,10-11H2,1H3. The van der Waals surface area contributed by atoms with Crippen molar-refractivity contribution < 1.29 is 24.0 Å². The third-order valence-electron chi connectivity index (χ3n) is 3.89. The number of rotatable bonds is 7. The zero-order valence-corrected chi connectivity index (χ0v) is 15.1. The summed E-state index contributed by atoms with van der Waals surface area (Å²) in [6, 6.07) is 4.51. The Hall–Kier alpha value is -2.39. The Kier molecular flexibility index (Phi) is 7.16. The van der Waals surface area contributed by atoms with Crippen molar-refractivity contribution in [2.75, 3.05) is 50.9 Å². The average molecular weight is 386 g/mol. The predicted octanol–water partition coefficient (Wildman–Crippen LogP) is 1.48. The van der Waals surface area contributed by atoms with Gasteiger partial charge in [0.15, 0.2) is 6.61 Å². The Morgan fingerprint density at radius 1 is 1.23 bits per heavy atom. The number of anilines is 1. The molecule has 1 heterocycles. The van der Waals surface area contributed by atoms with Crippen molar-refractivity contribution in [2.45, 2.75) is 6.92 Å². The molecule has 1 amide bonds. The highest BCUT2D eigenvalue weighted by molar-refractivity contribution is 6.30. The van der Waals surface area contributed by atoms with Gasteiger partial charge in [0, 0.05) is 43.9 Å². The van der Waals surface area contributed by atoms with Gasteiger partial charge in [0.05, 0.1) is 4.92 Å². The minimum atomic E-state index is -0.587. The van der Waals surface area contributed by atoms with Crippen LogP contribution in [0.5, 0.6) is 0 Å². The summed E-state index contributed by atoms with van der Waals surface area (Å²) in [7, 11) is 0. The van der Waals surface area contributed by atoms with Crippen LogP contribution in [0.1, 0.15) is 6.92 Å². The fraction of sp³-hybridized carbons (Fsp3) is 0.500. The highest BCUT2D eigenvalue weighted by atomic mass is 35.5. The van der Waals surface area contributed by atoms with Crippen LogP contribution in [-0.2, 0) is 19.1 Å². The fourth-order valence-corrected chi connectivity index (χ4v) is 2.73. The van der Waals surface area contributed by atoms with Gasteiger partial charge in [-0.25, -0.2) is 4.79 Å². The van der Waals surface area contributed by atoms with Crippen LogP contribution in [0.25, 0.3) is 0 Å². The number of ether oxygens (including phenoxy) is 2. The second kappa shape index (κ2) is 9.35. The Morgan fingerprint density at radius 3 is 2.54 bits per heavy atom. The third-order valence-corrected chi connectivity index (χ3v) is 4.12. The number of hydrogen-bond donors (Lipinski definition) is 0. The van der Waals surface area contributed by atoms with Crippen molar-refractivity contribution in [1.29, 1.82) is 0 Å². The molecule has 0 atom stereocenters.